The van der Waals surface area contributed by atoms with Crippen molar-refractivity contribution >= 4 is 0 Å². The molecule has 0 bridgehead atoms. The molecule has 21 heavy (non-hydrogen) atoms. The van der Waals surface area contributed by atoms with E-state index in [1.54, 1.807) is 6.92 Å². The third-order valence-corrected chi connectivity index (χ3v) is 3.29. The highest BCUT2D eigenvalue weighted by atomic mass is 19.1. The highest BCUT2D eigenvalue weighted by Gasteiger charge is 2.25. The van der Waals surface area contributed by atoms with E-state index in [1.165, 1.54) is 19.1 Å². The van der Waals surface area contributed by atoms with Crippen molar-refractivity contribution in [1.82, 2.24) is 5.32 Å². The van der Waals surface area contributed by atoms with Crippen molar-refractivity contribution in [2.45, 2.75) is 19.9 Å². The van der Waals surface area contributed by atoms with Gasteiger partial charge in [-0.25, -0.2) is 17.6 Å². The second-order valence-corrected chi connectivity index (χ2v) is 4.75. The Hall–Kier alpha value is -1.88. The molecule has 1 nitrogen and oxygen atoms in total. The zero-order valence-electron chi connectivity index (χ0n) is 11.7. The second-order valence-electron chi connectivity index (χ2n) is 4.75. The van der Waals surface area contributed by atoms with Gasteiger partial charge in [0.25, 0.3) is 0 Å². The molecule has 0 aromatic heterocycles. The monoisotopic (exact) mass is 297 g/mol. The molecule has 0 saturated carbocycles. The third kappa shape index (κ3) is 3.08. The van der Waals surface area contributed by atoms with Crippen molar-refractivity contribution in [3.63, 3.8) is 0 Å². The molecule has 112 valence electrons. The molecule has 0 aliphatic carbocycles. The number of hydrogen-bond acceptors (Lipinski definition) is 1. The van der Waals surface area contributed by atoms with Crippen LogP contribution >= 0.6 is 0 Å². The number of rotatable bonds is 4. The number of nitrogens with one attached hydrogen (secondary N) is 1. The topological polar surface area (TPSA) is 12.0 Å². The Morgan fingerprint density at radius 3 is 2.33 bits per heavy atom. The quantitative estimate of drug-likeness (QED) is 0.832. The summed E-state index contributed by atoms with van der Waals surface area (Å²) >= 11 is 0. The van der Waals surface area contributed by atoms with E-state index < -0.39 is 29.3 Å². The highest BCUT2D eigenvalue weighted by Crippen LogP contribution is 2.30. The molecule has 2 aromatic rings. The van der Waals surface area contributed by atoms with Gasteiger partial charge in [-0.1, -0.05) is 19.1 Å². The van der Waals surface area contributed by atoms with Gasteiger partial charge in [-0.15, -0.1) is 0 Å². The number of halogens is 4. The van der Waals surface area contributed by atoms with E-state index in [9.17, 15) is 17.6 Å². The van der Waals surface area contributed by atoms with Gasteiger partial charge in [0.1, 0.15) is 23.3 Å². The lowest BCUT2D eigenvalue weighted by atomic mass is 9.95. The van der Waals surface area contributed by atoms with E-state index in [4.69, 9.17) is 0 Å². The molecule has 5 heteroatoms. The van der Waals surface area contributed by atoms with E-state index in [0.29, 0.717) is 12.6 Å². The first-order valence-corrected chi connectivity index (χ1v) is 6.58. The summed E-state index contributed by atoms with van der Waals surface area (Å²) < 4.78 is 55.2. The minimum atomic E-state index is -1.02. The van der Waals surface area contributed by atoms with Gasteiger partial charge in [0.05, 0.1) is 6.04 Å². The Labute approximate surface area is 120 Å². The van der Waals surface area contributed by atoms with Gasteiger partial charge in [0.2, 0.25) is 0 Å². The first kappa shape index (κ1) is 15.5. The van der Waals surface area contributed by atoms with Crippen LogP contribution in [0.1, 0.15) is 29.7 Å². The van der Waals surface area contributed by atoms with Crippen LogP contribution in [0.4, 0.5) is 17.6 Å². The summed E-state index contributed by atoms with van der Waals surface area (Å²) in [6.07, 6.45) is 0. The lowest BCUT2D eigenvalue weighted by molar-refractivity contribution is 0.489. The molecule has 2 aromatic carbocycles. The molecule has 1 N–H and O–H groups in total. The zero-order valence-corrected chi connectivity index (χ0v) is 11.7. The van der Waals surface area contributed by atoms with Crippen LogP contribution in [0.3, 0.4) is 0 Å². The van der Waals surface area contributed by atoms with E-state index >= 15 is 0 Å². The van der Waals surface area contributed by atoms with Crippen LogP contribution in [0, 0.1) is 30.2 Å². The maximum atomic E-state index is 14.3. The summed E-state index contributed by atoms with van der Waals surface area (Å²) in [5.74, 6) is -3.09. The van der Waals surface area contributed by atoms with Gasteiger partial charge in [0.15, 0.2) is 0 Å². The summed E-state index contributed by atoms with van der Waals surface area (Å²) in [6, 6.07) is 4.40. The molecule has 0 saturated heterocycles. The van der Waals surface area contributed by atoms with Crippen LogP contribution in [0.15, 0.2) is 30.3 Å². The molecule has 0 aliphatic rings. The molecular formula is C16H15F4N. The molecule has 0 spiro atoms. The van der Waals surface area contributed by atoms with Crippen LogP contribution in [-0.4, -0.2) is 6.54 Å². The molecule has 0 heterocycles. The fourth-order valence-corrected chi connectivity index (χ4v) is 2.25. The predicted octanol–water partition coefficient (Wildman–Crippen LogP) is 4.25. The van der Waals surface area contributed by atoms with Gasteiger partial charge in [0, 0.05) is 17.2 Å². The van der Waals surface area contributed by atoms with Crippen molar-refractivity contribution in [3.05, 3.63) is 70.3 Å². The highest BCUT2D eigenvalue weighted by molar-refractivity contribution is 5.37. The maximum absolute atomic E-state index is 14.3. The fraction of sp³-hybridized carbons (Fsp3) is 0.250. The van der Waals surface area contributed by atoms with Gasteiger partial charge >= 0.3 is 0 Å². The van der Waals surface area contributed by atoms with Gasteiger partial charge < -0.3 is 5.32 Å². The SMILES string of the molecule is CCNC(c1ccc(F)cc1F)c1c(F)ccc(C)c1F. The smallest absolute Gasteiger partial charge is 0.134 e. The Kier molecular flexibility index (Phi) is 4.63. The number of benzene rings is 2. The Balaban J connectivity index is 2.61. The minimum absolute atomic E-state index is 0.00153. The first-order valence-electron chi connectivity index (χ1n) is 6.58. The molecule has 0 amide bonds. The van der Waals surface area contributed by atoms with E-state index in [2.05, 4.69) is 5.32 Å². The van der Waals surface area contributed by atoms with E-state index in [1.807, 2.05) is 0 Å². The van der Waals surface area contributed by atoms with Crippen molar-refractivity contribution in [1.29, 1.82) is 0 Å². The summed E-state index contributed by atoms with van der Waals surface area (Å²) in [6.45, 7) is 3.61. The van der Waals surface area contributed by atoms with E-state index in [-0.39, 0.29) is 16.7 Å². The van der Waals surface area contributed by atoms with Crippen LogP contribution in [0.2, 0.25) is 0 Å². The van der Waals surface area contributed by atoms with Crippen molar-refractivity contribution < 1.29 is 17.6 Å². The Bertz CT molecular complexity index is 655. The molecular weight excluding hydrogens is 282 g/mol. The normalized spacial score (nSPS) is 12.5. The fourth-order valence-electron chi connectivity index (χ4n) is 2.25. The first-order chi connectivity index (χ1) is 9.95. The standard InChI is InChI=1S/C16H15F4N/c1-3-21-16(11-6-5-10(17)8-13(11)19)14-12(18)7-4-9(2)15(14)20/h4-8,16,21H,3H2,1-2H3. The van der Waals surface area contributed by atoms with Crippen molar-refractivity contribution in [2.24, 2.45) is 0 Å². The van der Waals surface area contributed by atoms with Crippen LogP contribution in [-0.2, 0) is 0 Å². The van der Waals surface area contributed by atoms with Gasteiger partial charge in [-0.3, -0.25) is 0 Å². The third-order valence-electron chi connectivity index (χ3n) is 3.29. The second kappa shape index (κ2) is 6.26. The van der Waals surface area contributed by atoms with E-state index in [0.717, 1.165) is 12.1 Å². The summed E-state index contributed by atoms with van der Waals surface area (Å²) in [5.41, 5.74) is 0.000770. The zero-order chi connectivity index (χ0) is 15.6. The number of hydrogen-bond donors (Lipinski definition) is 1. The average Bonchev–Trinajstić information content (AvgIpc) is 2.43. The summed E-state index contributed by atoms with van der Waals surface area (Å²) in [5, 5.41) is 2.84. The average molecular weight is 297 g/mol. The summed E-state index contributed by atoms with van der Waals surface area (Å²) in [7, 11) is 0. The summed E-state index contributed by atoms with van der Waals surface area (Å²) in [4.78, 5) is 0. The molecule has 0 radical (unpaired) electrons. The van der Waals surface area contributed by atoms with Crippen molar-refractivity contribution in [3.8, 4) is 0 Å². The van der Waals surface area contributed by atoms with Crippen LogP contribution < -0.4 is 5.32 Å². The molecule has 2 rings (SSSR count). The van der Waals surface area contributed by atoms with Crippen LogP contribution in [0.5, 0.6) is 0 Å². The Morgan fingerprint density at radius 1 is 1.00 bits per heavy atom. The Morgan fingerprint density at radius 2 is 1.71 bits per heavy atom. The number of aryl methyl sites for hydroxylation is 1. The molecule has 0 aliphatic heterocycles. The lowest BCUT2D eigenvalue weighted by Crippen LogP contribution is -2.25. The van der Waals surface area contributed by atoms with Crippen molar-refractivity contribution in [2.75, 3.05) is 6.54 Å². The van der Waals surface area contributed by atoms with Crippen LogP contribution in [0.25, 0.3) is 0 Å². The molecule has 1 atom stereocenters. The molecule has 0 fully saturated rings. The maximum Gasteiger partial charge on any atom is 0.134 e. The molecule has 1 unspecified atom stereocenters. The lowest BCUT2D eigenvalue weighted by Gasteiger charge is -2.21. The predicted molar refractivity (Wildman–Crippen MR) is 73.0 cm³/mol. The minimum Gasteiger partial charge on any atom is -0.306 e. The van der Waals surface area contributed by atoms with Gasteiger partial charge in [-0.2, -0.15) is 0 Å². The largest absolute Gasteiger partial charge is 0.306 e. The van der Waals surface area contributed by atoms with Gasteiger partial charge in [-0.05, 0) is 31.2 Å².